The molecule has 2 aromatic heterocycles. The van der Waals surface area contributed by atoms with Crippen molar-refractivity contribution in [1.29, 1.82) is 0 Å². The number of fused-ring (bicyclic) bond motifs is 2. The second kappa shape index (κ2) is 6.80. The molecule has 0 bridgehead atoms. The van der Waals surface area contributed by atoms with E-state index in [9.17, 15) is 0 Å². The molecule has 0 radical (unpaired) electrons. The van der Waals surface area contributed by atoms with Gasteiger partial charge in [0.15, 0.2) is 11.5 Å². The molecule has 0 saturated heterocycles. The third-order valence-electron chi connectivity index (χ3n) is 4.71. The number of aromatic nitrogens is 2. The van der Waals surface area contributed by atoms with Crippen molar-refractivity contribution in [1.82, 2.24) is 9.97 Å². The Labute approximate surface area is 167 Å². The van der Waals surface area contributed by atoms with Gasteiger partial charge in [0.25, 0.3) is 0 Å². The minimum absolute atomic E-state index is 0.287. The molecule has 1 aliphatic rings. The molecule has 28 heavy (non-hydrogen) atoms. The van der Waals surface area contributed by atoms with Crippen molar-refractivity contribution in [3.63, 3.8) is 0 Å². The van der Waals surface area contributed by atoms with Gasteiger partial charge in [0.05, 0.1) is 10.2 Å². The number of aryl methyl sites for hydroxylation is 2. The topological polar surface area (TPSA) is 56.3 Å². The van der Waals surface area contributed by atoms with E-state index in [1.54, 1.807) is 17.7 Å². The molecular formula is C22H19N3O2S. The van der Waals surface area contributed by atoms with Crippen LogP contribution in [0.15, 0.2) is 48.8 Å². The molecule has 1 aliphatic heterocycles. The van der Waals surface area contributed by atoms with E-state index in [4.69, 9.17) is 9.47 Å². The number of rotatable bonds is 4. The number of hydrogen-bond donors (Lipinski definition) is 1. The molecule has 6 heteroatoms. The van der Waals surface area contributed by atoms with Crippen molar-refractivity contribution < 1.29 is 9.47 Å². The van der Waals surface area contributed by atoms with Crippen molar-refractivity contribution in [3.05, 3.63) is 65.5 Å². The second-order valence-corrected chi connectivity index (χ2v) is 8.02. The first kappa shape index (κ1) is 17.0. The third-order valence-corrected chi connectivity index (χ3v) is 5.89. The van der Waals surface area contributed by atoms with Crippen LogP contribution in [0.5, 0.6) is 11.5 Å². The summed E-state index contributed by atoms with van der Waals surface area (Å²) in [6.07, 6.45) is 1.61. The van der Waals surface area contributed by atoms with Crippen molar-refractivity contribution >= 4 is 27.4 Å². The Morgan fingerprint density at radius 3 is 2.64 bits per heavy atom. The normalized spacial score (nSPS) is 12.5. The van der Waals surface area contributed by atoms with Crippen LogP contribution in [0.3, 0.4) is 0 Å². The summed E-state index contributed by atoms with van der Waals surface area (Å²) in [6, 6.07) is 14.7. The lowest BCUT2D eigenvalue weighted by atomic mass is 10.1. The van der Waals surface area contributed by atoms with Crippen LogP contribution in [0.1, 0.15) is 16.7 Å². The predicted octanol–water partition coefficient (Wildman–Crippen LogP) is 5.32. The summed E-state index contributed by atoms with van der Waals surface area (Å²) in [6.45, 7) is 5.19. The minimum atomic E-state index is 0.287. The van der Waals surface area contributed by atoms with Gasteiger partial charge in [0, 0.05) is 11.4 Å². The van der Waals surface area contributed by atoms with E-state index in [1.165, 1.54) is 21.6 Å². The van der Waals surface area contributed by atoms with Crippen LogP contribution in [0.2, 0.25) is 0 Å². The lowest BCUT2D eigenvalue weighted by Crippen LogP contribution is -2.01. The quantitative estimate of drug-likeness (QED) is 0.512. The van der Waals surface area contributed by atoms with Crippen molar-refractivity contribution in [2.24, 2.45) is 0 Å². The molecule has 0 aliphatic carbocycles. The predicted molar refractivity (Wildman–Crippen MR) is 112 cm³/mol. The monoisotopic (exact) mass is 389 g/mol. The molecular weight excluding hydrogens is 370 g/mol. The van der Waals surface area contributed by atoms with Crippen LogP contribution in [0.4, 0.5) is 5.82 Å². The summed E-state index contributed by atoms with van der Waals surface area (Å²) in [5.41, 5.74) is 5.83. The van der Waals surface area contributed by atoms with Gasteiger partial charge < -0.3 is 14.8 Å². The Morgan fingerprint density at radius 2 is 1.79 bits per heavy atom. The molecule has 140 valence electrons. The van der Waals surface area contributed by atoms with Gasteiger partial charge in [-0.05, 0) is 43.2 Å². The van der Waals surface area contributed by atoms with Crippen LogP contribution in [0.25, 0.3) is 20.7 Å². The molecule has 5 rings (SSSR count). The van der Waals surface area contributed by atoms with E-state index in [0.29, 0.717) is 6.54 Å². The fourth-order valence-electron chi connectivity index (χ4n) is 3.48. The van der Waals surface area contributed by atoms with Crippen LogP contribution in [-0.2, 0) is 6.54 Å². The van der Waals surface area contributed by atoms with Gasteiger partial charge in [-0.3, -0.25) is 0 Å². The van der Waals surface area contributed by atoms with Crippen molar-refractivity contribution in [2.45, 2.75) is 20.4 Å². The first-order chi connectivity index (χ1) is 13.7. The lowest BCUT2D eigenvalue weighted by molar-refractivity contribution is 0.174. The van der Waals surface area contributed by atoms with Gasteiger partial charge in [0.2, 0.25) is 6.79 Å². The summed E-state index contributed by atoms with van der Waals surface area (Å²) in [4.78, 5) is 10.1. The molecule has 0 spiro atoms. The Balaban J connectivity index is 1.44. The fraction of sp³-hybridized carbons (Fsp3) is 0.182. The highest BCUT2D eigenvalue weighted by Gasteiger charge is 2.14. The van der Waals surface area contributed by atoms with Crippen molar-refractivity contribution in [2.75, 3.05) is 12.1 Å². The zero-order chi connectivity index (χ0) is 19.1. The van der Waals surface area contributed by atoms with Crippen molar-refractivity contribution in [3.8, 4) is 21.9 Å². The Hall–Kier alpha value is -3.12. The maximum absolute atomic E-state index is 5.46. The van der Waals surface area contributed by atoms with Crippen LogP contribution in [0, 0.1) is 13.8 Å². The Kier molecular flexibility index (Phi) is 4.13. The fourth-order valence-corrected chi connectivity index (χ4v) is 4.54. The molecule has 5 nitrogen and oxygen atoms in total. The van der Waals surface area contributed by atoms with E-state index >= 15 is 0 Å². The van der Waals surface area contributed by atoms with E-state index in [1.807, 2.05) is 18.2 Å². The molecule has 2 aromatic carbocycles. The van der Waals surface area contributed by atoms with E-state index < -0.39 is 0 Å². The Bertz CT molecular complexity index is 1170. The van der Waals surface area contributed by atoms with Crippen LogP contribution in [-0.4, -0.2) is 16.8 Å². The summed E-state index contributed by atoms with van der Waals surface area (Å²) in [7, 11) is 0. The molecule has 3 heterocycles. The third kappa shape index (κ3) is 3.16. The molecule has 4 aromatic rings. The zero-order valence-corrected chi connectivity index (χ0v) is 16.5. The molecule has 0 amide bonds. The molecule has 1 N–H and O–H groups in total. The number of anilines is 1. The molecule has 0 unspecified atom stereocenters. The average Bonchev–Trinajstić information content (AvgIpc) is 3.32. The largest absolute Gasteiger partial charge is 0.454 e. The van der Waals surface area contributed by atoms with Crippen LogP contribution < -0.4 is 14.8 Å². The van der Waals surface area contributed by atoms with Gasteiger partial charge in [-0.15, -0.1) is 11.3 Å². The van der Waals surface area contributed by atoms with Gasteiger partial charge >= 0.3 is 0 Å². The van der Waals surface area contributed by atoms with E-state index in [-0.39, 0.29) is 6.79 Å². The first-order valence-electron chi connectivity index (χ1n) is 9.11. The van der Waals surface area contributed by atoms with Crippen LogP contribution >= 0.6 is 11.3 Å². The Morgan fingerprint density at radius 1 is 0.964 bits per heavy atom. The number of thiophene rings is 1. The first-order valence-corrected chi connectivity index (χ1v) is 9.93. The highest BCUT2D eigenvalue weighted by atomic mass is 32.1. The number of nitrogens with zero attached hydrogens (tertiary/aromatic N) is 2. The highest BCUT2D eigenvalue weighted by Crippen LogP contribution is 2.37. The van der Waals surface area contributed by atoms with Gasteiger partial charge in [-0.1, -0.05) is 35.4 Å². The lowest BCUT2D eigenvalue weighted by Gasteiger charge is -2.07. The molecule has 0 atom stereocenters. The summed E-state index contributed by atoms with van der Waals surface area (Å²) < 4.78 is 11.9. The number of ether oxygens (including phenoxy) is 2. The van der Waals surface area contributed by atoms with Gasteiger partial charge in [0.1, 0.15) is 12.1 Å². The number of nitrogens with one attached hydrogen (secondary N) is 1. The van der Waals surface area contributed by atoms with Gasteiger partial charge in [-0.2, -0.15) is 0 Å². The number of benzene rings is 2. The maximum Gasteiger partial charge on any atom is 0.231 e. The SMILES string of the molecule is Cc1cc(C)cc(-c2cc3ncnc(NCc4ccc5c(c4)OCO5)c3s2)c1. The average molecular weight is 389 g/mol. The summed E-state index contributed by atoms with van der Waals surface area (Å²) >= 11 is 1.72. The van der Waals surface area contributed by atoms with E-state index in [2.05, 4.69) is 53.4 Å². The molecule has 0 saturated carbocycles. The summed E-state index contributed by atoms with van der Waals surface area (Å²) in [5, 5.41) is 3.45. The highest BCUT2D eigenvalue weighted by molar-refractivity contribution is 7.22. The maximum atomic E-state index is 5.46. The van der Waals surface area contributed by atoms with Gasteiger partial charge in [-0.25, -0.2) is 9.97 Å². The van der Waals surface area contributed by atoms with E-state index in [0.717, 1.165) is 33.1 Å². The smallest absolute Gasteiger partial charge is 0.231 e. The standard InChI is InChI=1S/C22H19N3O2S/c1-13-5-14(2)7-16(6-13)20-9-17-21(28-20)22(25-11-24-17)23-10-15-3-4-18-19(8-15)27-12-26-18/h3-9,11H,10,12H2,1-2H3,(H,23,24,25). The zero-order valence-electron chi connectivity index (χ0n) is 15.7. The second-order valence-electron chi connectivity index (χ2n) is 6.96. The summed E-state index contributed by atoms with van der Waals surface area (Å²) in [5.74, 6) is 2.44. The molecule has 0 fully saturated rings. The minimum Gasteiger partial charge on any atom is -0.454 e. The number of hydrogen-bond acceptors (Lipinski definition) is 6.